The molecule has 0 saturated heterocycles. The average molecular weight is 404 g/mol. The van der Waals surface area contributed by atoms with Gasteiger partial charge in [0.25, 0.3) is 5.22 Å². The average Bonchev–Trinajstić information content (AvgIpc) is 3.18. The molecule has 0 saturated carbocycles. The van der Waals surface area contributed by atoms with Gasteiger partial charge in [0.15, 0.2) is 11.6 Å². The number of benzene rings is 1. The first-order valence-electron chi connectivity index (χ1n) is 8.28. The van der Waals surface area contributed by atoms with Gasteiger partial charge in [-0.2, -0.15) is 0 Å². The molecule has 0 fully saturated rings. The Kier molecular flexibility index (Phi) is 5.53. The minimum atomic E-state index is -0.464. The maximum Gasteiger partial charge on any atom is 0.277 e. The molecular weight excluding hydrogens is 386 g/mol. The minimum Gasteiger partial charge on any atom is -0.411 e. The van der Waals surface area contributed by atoms with Crippen LogP contribution in [0.2, 0.25) is 5.02 Å². The monoisotopic (exact) mass is 403 g/mol. The van der Waals surface area contributed by atoms with E-state index in [0.29, 0.717) is 44.2 Å². The number of Topliss-reactive ketones (excluding diaryl/α,β-unsaturated/α-hetero) is 2. The first-order valence-corrected chi connectivity index (χ1v) is 9.54. The van der Waals surface area contributed by atoms with Crippen molar-refractivity contribution in [3.05, 3.63) is 51.8 Å². The summed E-state index contributed by atoms with van der Waals surface area (Å²) < 4.78 is 5.64. The zero-order valence-corrected chi connectivity index (χ0v) is 16.9. The maximum atomic E-state index is 12.8. The van der Waals surface area contributed by atoms with Gasteiger partial charge in [-0.1, -0.05) is 29.4 Å². The zero-order chi connectivity index (χ0) is 19.7. The summed E-state index contributed by atoms with van der Waals surface area (Å²) in [4.78, 5) is 27.6. The van der Waals surface area contributed by atoms with Crippen molar-refractivity contribution in [2.45, 2.75) is 38.2 Å². The number of halogens is 1. The van der Waals surface area contributed by atoms with Crippen molar-refractivity contribution >= 4 is 34.9 Å². The van der Waals surface area contributed by atoms with E-state index in [2.05, 4.69) is 15.2 Å². The standard InChI is InChI=1S/C19H18ClN3O3S/c1-9-15(11(3)24)10(2)21-16(9)17(25)12(4)27-19-23-22-18(26-19)13-6-5-7-14(20)8-13/h5-8,12,21H,1-4H3/t12-/m1/s1. The van der Waals surface area contributed by atoms with Crippen molar-refractivity contribution < 1.29 is 14.0 Å². The Bertz CT molecular complexity index is 1030. The van der Waals surface area contributed by atoms with Gasteiger partial charge in [0.1, 0.15) is 0 Å². The highest BCUT2D eigenvalue weighted by Crippen LogP contribution is 2.30. The topological polar surface area (TPSA) is 88.9 Å². The molecule has 140 valence electrons. The van der Waals surface area contributed by atoms with Gasteiger partial charge in [0.2, 0.25) is 5.89 Å². The largest absolute Gasteiger partial charge is 0.411 e. The molecule has 3 rings (SSSR count). The van der Waals surface area contributed by atoms with Crippen LogP contribution in [0.1, 0.15) is 46.0 Å². The first kappa shape index (κ1) is 19.4. The van der Waals surface area contributed by atoms with Crippen LogP contribution in [0.15, 0.2) is 33.9 Å². The highest BCUT2D eigenvalue weighted by atomic mass is 35.5. The Balaban J connectivity index is 1.78. The van der Waals surface area contributed by atoms with Gasteiger partial charge in [-0.25, -0.2) is 0 Å². The highest BCUT2D eigenvalue weighted by molar-refractivity contribution is 8.00. The molecule has 0 bridgehead atoms. The zero-order valence-electron chi connectivity index (χ0n) is 15.3. The van der Waals surface area contributed by atoms with Crippen molar-refractivity contribution in [1.29, 1.82) is 0 Å². The number of H-pyrrole nitrogens is 1. The van der Waals surface area contributed by atoms with E-state index >= 15 is 0 Å². The number of carbonyl (C=O) groups excluding carboxylic acids is 2. The van der Waals surface area contributed by atoms with Crippen LogP contribution in [0, 0.1) is 13.8 Å². The predicted molar refractivity (Wildman–Crippen MR) is 105 cm³/mol. The maximum absolute atomic E-state index is 12.8. The van der Waals surface area contributed by atoms with Crippen LogP contribution in [-0.2, 0) is 0 Å². The number of aryl methyl sites for hydroxylation is 1. The predicted octanol–water partition coefficient (Wildman–Crippen LogP) is 4.90. The van der Waals surface area contributed by atoms with Crippen LogP contribution in [-0.4, -0.2) is 32.0 Å². The van der Waals surface area contributed by atoms with Gasteiger partial charge in [-0.15, -0.1) is 10.2 Å². The molecule has 8 heteroatoms. The van der Waals surface area contributed by atoms with E-state index in [-0.39, 0.29) is 11.6 Å². The summed E-state index contributed by atoms with van der Waals surface area (Å²) in [5.41, 5.74) is 3.08. The molecule has 1 atom stereocenters. The lowest BCUT2D eigenvalue weighted by molar-refractivity contribution is 0.0988. The number of nitrogens with one attached hydrogen (secondary N) is 1. The fourth-order valence-corrected chi connectivity index (χ4v) is 3.86. The Morgan fingerprint density at radius 2 is 2.00 bits per heavy atom. The molecular formula is C19H18ClN3O3S. The van der Waals surface area contributed by atoms with E-state index in [4.69, 9.17) is 16.0 Å². The molecule has 0 spiro atoms. The van der Waals surface area contributed by atoms with Gasteiger partial charge in [0, 0.05) is 21.8 Å². The van der Waals surface area contributed by atoms with Crippen molar-refractivity contribution in [2.75, 3.05) is 0 Å². The molecule has 6 nitrogen and oxygen atoms in total. The van der Waals surface area contributed by atoms with Crippen LogP contribution in [0.3, 0.4) is 0 Å². The summed E-state index contributed by atoms with van der Waals surface area (Å²) >= 11 is 7.15. The quantitative estimate of drug-likeness (QED) is 0.465. The summed E-state index contributed by atoms with van der Waals surface area (Å²) in [5, 5.41) is 8.41. The van der Waals surface area contributed by atoms with Crippen molar-refractivity contribution in [3.63, 3.8) is 0 Å². The van der Waals surface area contributed by atoms with E-state index in [1.54, 1.807) is 39.0 Å². The first-order chi connectivity index (χ1) is 12.8. The molecule has 0 amide bonds. The van der Waals surface area contributed by atoms with E-state index in [1.807, 2.05) is 6.07 Å². The third-order valence-corrected chi connectivity index (χ3v) is 5.33. The summed E-state index contributed by atoms with van der Waals surface area (Å²) in [6.07, 6.45) is 0. The number of aromatic amines is 1. The molecule has 2 aromatic heterocycles. The number of hydrogen-bond donors (Lipinski definition) is 1. The van der Waals surface area contributed by atoms with Crippen LogP contribution in [0.25, 0.3) is 11.5 Å². The van der Waals surface area contributed by atoms with Gasteiger partial charge in [0.05, 0.1) is 10.9 Å². The third kappa shape index (κ3) is 3.99. The van der Waals surface area contributed by atoms with Crippen molar-refractivity contribution in [3.8, 4) is 11.5 Å². The Morgan fingerprint density at radius 3 is 2.63 bits per heavy atom. The number of carbonyl (C=O) groups is 2. The molecule has 1 N–H and O–H groups in total. The van der Waals surface area contributed by atoms with Crippen molar-refractivity contribution in [2.24, 2.45) is 0 Å². The Hall–Kier alpha value is -2.38. The highest BCUT2D eigenvalue weighted by Gasteiger charge is 2.25. The van der Waals surface area contributed by atoms with E-state index in [1.165, 1.54) is 18.7 Å². The molecule has 3 aromatic rings. The summed E-state index contributed by atoms with van der Waals surface area (Å²) in [6, 6.07) is 7.10. The lowest BCUT2D eigenvalue weighted by Gasteiger charge is -2.07. The number of rotatable bonds is 6. The van der Waals surface area contributed by atoms with E-state index < -0.39 is 5.25 Å². The SMILES string of the molecule is CC(=O)c1c(C)[nH]c(C(=O)[C@@H](C)Sc2nnc(-c3cccc(Cl)c3)o2)c1C. The lowest BCUT2D eigenvalue weighted by atomic mass is 10.0. The number of thioether (sulfide) groups is 1. The van der Waals surface area contributed by atoms with Gasteiger partial charge in [-0.05, 0) is 51.5 Å². The van der Waals surface area contributed by atoms with Gasteiger partial charge in [-0.3, -0.25) is 9.59 Å². The normalized spacial score (nSPS) is 12.2. The number of aromatic nitrogens is 3. The molecule has 1 aromatic carbocycles. The molecule has 0 aliphatic rings. The summed E-state index contributed by atoms with van der Waals surface area (Å²) in [6.45, 7) is 6.81. The molecule has 0 aliphatic carbocycles. The van der Waals surface area contributed by atoms with Crippen LogP contribution in [0.4, 0.5) is 0 Å². The second kappa shape index (κ2) is 7.70. The summed E-state index contributed by atoms with van der Waals surface area (Å²) in [5.74, 6) is 0.143. The minimum absolute atomic E-state index is 0.0660. The fourth-order valence-electron chi connectivity index (χ4n) is 2.93. The second-order valence-electron chi connectivity index (χ2n) is 6.19. The van der Waals surface area contributed by atoms with Crippen molar-refractivity contribution in [1.82, 2.24) is 15.2 Å². The molecule has 2 heterocycles. The Morgan fingerprint density at radius 1 is 1.26 bits per heavy atom. The smallest absolute Gasteiger partial charge is 0.277 e. The summed E-state index contributed by atoms with van der Waals surface area (Å²) in [7, 11) is 0. The van der Waals surface area contributed by atoms with Crippen LogP contribution in [0.5, 0.6) is 0 Å². The van der Waals surface area contributed by atoms with Gasteiger partial charge < -0.3 is 9.40 Å². The number of hydrogen-bond acceptors (Lipinski definition) is 6. The fraction of sp³-hybridized carbons (Fsp3) is 0.263. The molecule has 0 unspecified atom stereocenters. The van der Waals surface area contributed by atoms with Gasteiger partial charge >= 0.3 is 0 Å². The van der Waals surface area contributed by atoms with Crippen LogP contribution < -0.4 is 0 Å². The Labute approximate surface area is 165 Å². The number of ketones is 2. The molecule has 0 aliphatic heterocycles. The number of nitrogens with zero attached hydrogens (tertiary/aromatic N) is 2. The lowest BCUT2D eigenvalue weighted by Crippen LogP contribution is -2.15. The second-order valence-corrected chi connectivity index (χ2v) is 7.92. The molecule has 0 radical (unpaired) electrons. The molecule has 27 heavy (non-hydrogen) atoms. The third-order valence-electron chi connectivity index (χ3n) is 4.16. The van der Waals surface area contributed by atoms with Crippen LogP contribution >= 0.6 is 23.4 Å². The van der Waals surface area contributed by atoms with E-state index in [9.17, 15) is 9.59 Å². The van der Waals surface area contributed by atoms with E-state index in [0.717, 1.165) is 0 Å².